The van der Waals surface area contributed by atoms with Crippen LogP contribution in [0.4, 0.5) is 0 Å². The van der Waals surface area contributed by atoms with Crippen LogP contribution in [0.2, 0.25) is 0 Å². The van der Waals surface area contributed by atoms with E-state index < -0.39 is 34.3 Å². The first-order chi connectivity index (χ1) is 19.4. The molecule has 252 valence electrons. The van der Waals surface area contributed by atoms with Gasteiger partial charge < -0.3 is 19.3 Å². The molecule has 0 aliphatic carbocycles. The molecule has 0 aromatic carbocycles. The second-order valence-electron chi connectivity index (χ2n) is 16.7. The summed E-state index contributed by atoms with van der Waals surface area (Å²) in [4.78, 5) is 49.9. The molecule has 1 N–H and O–H groups in total. The van der Waals surface area contributed by atoms with Crippen molar-refractivity contribution in [2.45, 2.75) is 160 Å². The van der Waals surface area contributed by atoms with Crippen LogP contribution in [0.15, 0.2) is 0 Å². The number of hydrogen-bond donors (Lipinski definition) is 1. The molecule has 0 heterocycles. The van der Waals surface area contributed by atoms with E-state index in [1.54, 1.807) is 0 Å². The first kappa shape index (κ1) is 40.9. The molecule has 8 heteroatoms. The van der Waals surface area contributed by atoms with Gasteiger partial charge in [0, 0.05) is 6.42 Å². The molecule has 0 aliphatic heterocycles. The first-order valence-electron chi connectivity index (χ1n) is 16.2. The third-order valence-corrected chi connectivity index (χ3v) is 7.37. The molecule has 0 spiro atoms. The number of ether oxygens (including phenoxy) is 3. The van der Waals surface area contributed by atoms with Gasteiger partial charge in [0.2, 0.25) is 0 Å². The van der Waals surface area contributed by atoms with Crippen LogP contribution < -0.4 is 0 Å². The van der Waals surface area contributed by atoms with Crippen LogP contribution in [0.1, 0.15) is 154 Å². The minimum Gasteiger partial charge on any atom is -0.481 e. The van der Waals surface area contributed by atoms with Gasteiger partial charge in [0.15, 0.2) is 6.10 Å². The molecule has 43 heavy (non-hydrogen) atoms. The molecule has 0 aromatic rings. The van der Waals surface area contributed by atoms with Gasteiger partial charge in [0.05, 0.1) is 16.2 Å². The number of carboxylic acids is 1. The molecule has 0 saturated carbocycles. The normalized spacial score (nSPS) is 13.1. The van der Waals surface area contributed by atoms with Gasteiger partial charge in [0.1, 0.15) is 13.2 Å². The lowest BCUT2D eigenvalue weighted by Crippen LogP contribution is -2.39. The van der Waals surface area contributed by atoms with E-state index in [9.17, 15) is 19.2 Å². The van der Waals surface area contributed by atoms with E-state index in [2.05, 4.69) is 41.5 Å². The maximum Gasteiger partial charge on any atom is 0.312 e. The molecule has 0 fully saturated rings. The minimum absolute atomic E-state index is 0.0765. The number of aliphatic carboxylic acids is 1. The summed E-state index contributed by atoms with van der Waals surface area (Å²) >= 11 is 0. The molecular weight excluding hydrogens is 548 g/mol. The Labute approximate surface area is 262 Å². The van der Waals surface area contributed by atoms with E-state index in [0.29, 0.717) is 25.7 Å². The zero-order valence-corrected chi connectivity index (χ0v) is 29.6. The summed E-state index contributed by atoms with van der Waals surface area (Å²) < 4.78 is 17.2. The quantitative estimate of drug-likeness (QED) is 0.0826. The molecule has 0 rings (SSSR count). The Bertz CT molecular complexity index is 842. The fourth-order valence-corrected chi connectivity index (χ4v) is 5.78. The zero-order chi connectivity index (χ0) is 33.7. The van der Waals surface area contributed by atoms with Crippen LogP contribution >= 0.6 is 0 Å². The van der Waals surface area contributed by atoms with Gasteiger partial charge in [-0.2, -0.15) is 0 Å². The number of carbonyl (C=O) groups is 4. The SMILES string of the molecule is CC(C)(C)CC(C)(C)C(=O)OCC(COC(=O)C(C)(C)CC(C)(C)C)OC(=O)C(C)(C)CCCCCCCCCC(=O)O. The molecule has 0 unspecified atom stereocenters. The second kappa shape index (κ2) is 17.4. The van der Waals surface area contributed by atoms with Crippen molar-refractivity contribution < 1.29 is 38.5 Å². The monoisotopic (exact) mass is 612 g/mol. The average Bonchev–Trinajstić information content (AvgIpc) is 2.80. The number of unbranched alkanes of at least 4 members (excludes halogenated alkanes) is 6. The highest BCUT2D eigenvalue weighted by molar-refractivity contribution is 5.77. The van der Waals surface area contributed by atoms with Crippen LogP contribution in [-0.4, -0.2) is 48.3 Å². The predicted octanol–water partition coefficient (Wildman–Crippen LogP) is 8.53. The Balaban J connectivity index is 5.23. The maximum absolute atomic E-state index is 13.3. The molecule has 0 saturated heterocycles. The van der Waals surface area contributed by atoms with Crippen LogP contribution in [0, 0.1) is 27.1 Å². The van der Waals surface area contributed by atoms with Crippen molar-refractivity contribution >= 4 is 23.9 Å². The number of hydrogen-bond acceptors (Lipinski definition) is 7. The topological polar surface area (TPSA) is 116 Å². The third kappa shape index (κ3) is 19.0. The Morgan fingerprint density at radius 3 is 1.28 bits per heavy atom. The number of carbonyl (C=O) groups excluding carboxylic acids is 3. The van der Waals surface area contributed by atoms with E-state index in [0.717, 1.165) is 38.5 Å². The molecular formula is C35H64O8. The lowest BCUT2D eigenvalue weighted by Gasteiger charge is -2.32. The van der Waals surface area contributed by atoms with Crippen molar-refractivity contribution in [3.8, 4) is 0 Å². The van der Waals surface area contributed by atoms with Gasteiger partial charge in [-0.25, -0.2) is 0 Å². The second-order valence-corrected chi connectivity index (χ2v) is 16.7. The fraction of sp³-hybridized carbons (Fsp3) is 0.886. The summed E-state index contributed by atoms with van der Waals surface area (Å²) in [5, 5.41) is 8.73. The van der Waals surface area contributed by atoms with Crippen LogP contribution in [0.3, 0.4) is 0 Å². The Morgan fingerprint density at radius 1 is 0.535 bits per heavy atom. The summed E-state index contributed by atoms with van der Waals surface area (Å²) in [5.74, 6) is -1.93. The van der Waals surface area contributed by atoms with E-state index >= 15 is 0 Å². The van der Waals surface area contributed by atoms with Gasteiger partial charge in [-0.05, 0) is 78.1 Å². The van der Waals surface area contributed by atoms with Crippen molar-refractivity contribution in [2.75, 3.05) is 13.2 Å². The van der Waals surface area contributed by atoms with E-state index in [-0.39, 0.29) is 42.4 Å². The number of rotatable bonds is 20. The highest BCUT2D eigenvalue weighted by Gasteiger charge is 2.38. The van der Waals surface area contributed by atoms with Gasteiger partial charge in [0.25, 0.3) is 0 Å². The van der Waals surface area contributed by atoms with E-state index in [4.69, 9.17) is 19.3 Å². The number of esters is 3. The summed E-state index contributed by atoms with van der Waals surface area (Å²) in [7, 11) is 0. The summed E-state index contributed by atoms with van der Waals surface area (Å²) in [6.07, 6.45) is 7.72. The smallest absolute Gasteiger partial charge is 0.312 e. The fourth-order valence-electron chi connectivity index (χ4n) is 5.78. The molecule has 0 aliphatic rings. The van der Waals surface area contributed by atoms with Gasteiger partial charge in [-0.3, -0.25) is 19.2 Å². The van der Waals surface area contributed by atoms with Crippen LogP contribution in [0.5, 0.6) is 0 Å². The van der Waals surface area contributed by atoms with Crippen molar-refractivity contribution in [2.24, 2.45) is 27.1 Å². The molecule has 0 atom stereocenters. The van der Waals surface area contributed by atoms with Gasteiger partial charge in [-0.1, -0.05) is 80.1 Å². The largest absolute Gasteiger partial charge is 0.481 e. The van der Waals surface area contributed by atoms with Crippen molar-refractivity contribution in [3.05, 3.63) is 0 Å². The summed E-state index contributed by atoms with van der Waals surface area (Å²) in [6, 6.07) is 0. The lowest BCUT2D eigenvalue weighted by molar-refractivity contribution is -0.179. The Morgan fingerprint density at radius 2 is 0.907 bits per heavy atom. The van der Waals surface area contributed by atoms with E-state index in [1.165, 1.54) is 0 Å². The van der Waals surface area contributed by atoms with Crippen LogP contribution in [0.25, 0.3) is 0 Å². The lowest BCUT2D eigenvalue weighted by atomic mass is 9.76. The first-order valence-corrected chi connectivity index (χ1v) is 16.2. The van der Waals surface area contributed by atoms with E-state index in [1.807, 2.05) is 41.5 Å². The number of carboxylic acid groups (broad SMARTS) is 1. The molecule has 0 aromatic heterocycles. The molecule has 0 amide bonds. The zero-order valence-electron chi connectivity index (χ0n) is 29.6. The van der Waals surface area contributed by atoms with Crippen molar-refractivity contribution in [1.82, 2.24) is 0 Å². The summed E-state index contributed by atoms with van der Waals surface area (Å²) in [6.45, 7) is 23.1. The molecule has 0 bridgehead atoms. The maximum atomic E-state index is 13.3. The van der Waals surface area contributed by atoms with Crippen LogP contribution in [-0.2, 0) is 33.4 Å². The highest BCUT2D eigenvalue weighted by Crippen LogP contribution is 2.35. The standard InChI is InChI=1S/C35H64O8/c1-31(2,3)24-34(9,10)28(38)41-22-26(23-42-29(39)35(11,12)25-32(4,5)6)43-30(40)33(7,8)21-19-17-15-13-14-16-18-20-27(36)37/h26H,13-25H2,1-12H3,(H,36,37). The van der Waals surface area contributed by atoms with Crippen molar-refractivity contribution in [3.63, 3.8) is 0 Å². The molecule has 0 radical (unpaired) electrons. The van der Waals surface area contributed by atoms with Crippen molar-refractivity contribution in [1.29, 1.82) is 0 Å². The highest BCUT2D eigenvalue weighted by atomic mass is 16.6. The Hall–Kier alpha value is -2.12. The van der Waals surface area contributed by atoms with Gasteiger partial charge in [-0.15, -0.1) is 0 Å². The van der Waals surface area contributed by atoms with Gasteiger partial charge >= 0.3 is 23.9 Å². The molecule has 8 nitrogen and oxygen atoms in total. The Kier molecular flexibility index (Phi) is 16.5. The average molecular weight is 613 g/mol. The summed E-state index contributed by atoms with van der Waals surface area (Å²) in [5.41, 5.74) is -2.37. The third-order valence-electron chi connectivity index (χ3n) is 7.37. The predicted molar refractivity (Wildman–Crippen MR) is 170 cm³/mol. The minimum atomic E-state index is -0.915.